The Labute approximate surface area is 116 Å². The summed E-state index contributed by atoms with van der Waals surface area (Å²) >= 11 is 0. The molecule has 0 radical (unpaired) electrons. The number of carboxylic acids is 1. The van der Waals surface area contributed by atoms with Crippen molar-refractivity contribution in [2.75, 3.05) is 0 Å². The zero-order valence-corrected chi connectivity index (χ0v) is 10.9. The van der Waals surface area contributed by atoms with E-state index in [9.17, 15) is 13.6 Å². The monoisotopic (exact) mass is 278 g/mol. The maximum atomic E-state index is 13.0. The van der Waals surface area contributed by atoms with E-state index in [0.717, 1.165) is 5.56 Å². The minimum Gasteiger partial charge on any atom is -0.481 e. The summed E-state index contributed by atoms with van der Waals surface area (Å²) in [6.45, 7) is 0. The average Bonchev–Trinajstić information content (AvgIpc) is 2.42. The van der Waals surface area contributed by atoms with E-state index < -0.39 is 5.97 Å². The smallest absolute Gasteiger partial charge is 0.303 e. The number of allylic oxidation sites excluding steroid dienone is 4. The summed E-state index contributed by atoms with van der Waals surface area (Å²) in [6, 6.07) is 6.08. The molecule has 20 heavy (non-hydrogen) atoms. The van der Waals surface area contributed by atoms with Gasteiger partial charge in [-0.1, -0.05) is 18.2 Å². The van der Waals surface area contributed by atoms with E-state index in [0.29, 0.717) is 12.8 Å². The number of halogens is 2. The summed E-state index contributed by atoms with van der Waals surface area (Å²) in [5.41, 5.74) is 0.887. The first-order valence-electron chi connectivity index (χ1n) is 6.57. The molecular formula is C16H16F2O2. The number of hydrogen-bond acceptors (Lipinski definition) is 1. The second-order valence-electron chi connectivity index (χ2n) is 4.94. The van der Waals surface area contributed by atoms with Crippen LogP contribution < -0.4 is 0 Å². The fraction of sp³-hybridized carbons (Fsp3) is 0.312. The Kier molecular flexibility index (Phi) is 4.66. The molecular weight excluding hydrogens is 262 g/mol. The average molecular weight is 278 g/mol. The molecule has 2 nitrogen and oxygen atoms in total. The third-order valence-corrected chi connectivity index (χ3v) is 3.57. The molecule has 0 aliphatic heterocycles. The highest BCUT2D eigenvalue weighted by Crippen LogP contribution is 2.35. The second kappa shape index (κ2) is 6.46. The molecule has 0 saturated carbocycles. The summed E-state index contributed by atoms with van der Waals surface area (Å²) < 4.78 is 26.0. The largest absolute Gasteiger partial charge is 0.481 e. The molecule has 1 aliphatic rings. The van der Waals surface area contributed by atoms with Crippen LogP contribution in [0.2, 0.25) is 0 Å². The molecule has 1 aromatic rings. The molecule has 2 rings (SSSR count). The molecule has 4 heteroatoms. The van der Waals surface area contributed by atoms with Gasteiger partial charge in [0.1, 0.15) is 11.6 Å². The second-order valence-corrected chi connectivity index (χ2v) is 4.94. The highest BCUT2D eigenvalue weighted by Gasteiger charge is 2.23. The maximum absolute atomic E-state index is 13.0. The third-order valence-electron chi connectivity index (χ3n) is 3.57. The van der Waals surface area contributed by atoms with E-state index in [-0.39, 0.29) is 29.9 Å². The maximum Gasteiger partial charge on any atom is 0.303 e. The number of carboxylic acid groups (broad SMARTS) is 1. The highest BCUT2D eigenvalue weighted by atomic mass is 19.1. The summed E-state index contributed by atoms with van der Waals surface area (Å²) in [6.07, 6.45) is 5.70. The Morgan fingerprint density at radius 2 is 2.00 bits per heavy atom. The number of aliphatic carboxylic acids is 1. The van der Waals surface area contributed by atoms with Crippen molar-refractivity contribution in [1.82, 2.24) is 0 Å². The lowest BCUT2D eigenvalue weighted by atomic mass is 9.79. The number of benzene rings is 1. The van der Waals surface area contributed by atoms with Crippen molar-refractivity contribution in [1.29, 1.82) is 0 Å². The van der Waals surface area contributed by atoms with Gasteiger partial charge in [-0.2, -0.15) is 0 Å². The van der Waals surface area contributed by atoms with Gasteiger partial charge in [-0.3, -0.25) is 4.79 Å². The minimum absolute atomic E-state index is 0.0403. The van der Waals surface area contributed by atoms with Crippen molar-refractivity contribution in [3.05, 3.63) is 59.7 Å². The molecule has 0 bridgehead atoms. The fourth-order valence-electron chi connectivity index (χ4n) is 2.53. The number of rotatable bonds is 5. The van der Waals surface area contributed by atoms with E-state index in [1.807, 2.05) is 0 Å². The molecule has 1 N–H and O–H groups in total. The van der Waals surface area contributed by atoms with Gasteiger partial charge >= 0.3 is 5.97 Å². The zero-order valence-electron chi connectivity index (χ0n) is 10.9. The Bertz CT molecular complexity index is 532. The van der Waals surface area contributed by atoms with Gasteiger partial charge in [0.2, 0.25) is 0 Å². The van der Waals surface area contributed by atoms with Gasteiger partial charge in [-0.05, 0) is 54.5 Å². The normalized spacial score (nSPS) is 19.5. The Hall–Kier alpha value is -1.97. The van der Waals surface area contributed by atoms with E-state index in [4.69, 9.17) is 5.11 Å². The molecule has 2 atom stereocenters. The van der Waals surface area contributed by atoms with Crippen molar-refractivity contribution in [2.45, 2.75) is 25.2 Å². The molecule has 0 aromatic heterocycles. The van der Waals surface area contributed by atoms with Crippen molar-refractivity contribution in [2.24, 2.45) is 5.92 Å². The molecule has 1 aliphatic carbocycles. The van der Waals surface area contributed by atoms with Crippen LogP contribution in [0.15, 0.2) is 48.3 Å². The summed E-state index contributed by atoms with van der Waals surface area (Å²) in [5, 5.41) is 8.84. The first-order valence-corrected chi connectivity index (χ1v) is 6.57. The van der Waals surface area contributed by atoms with Gasteiger partial charge in [0.05, 0.1) is 0 Å². The van der Waals surface area contributed by atoms with Gasteiger partial charge < -0.3 is 5.11 Å². The van der Waals surface area contributed by atoms with Crippen molar-refractivity contribution >= 4 is 5.97 Å². The van der Waals surface area contributed by atoms with Crippen LogP contribution in [-0.2, 0) is 4.79 Å². The quantitative estimate of drug-likeness (QED) is 0.876. The van der Waals surface area contributed by atoms with E-state index in [1.165, 1.54) is 24.3 Å². The summed E-state index contributed by atoms with van der Waals surface area (Å²) in [4.78, 5) is 10.8. The standard InChI is InChI=1S/C16H16F2O2/c17-13-5-1-11(2-6-13)15(9-10-16(19)20)12-3-7-14(18)8-4-12/h1-3,5-8,12,15H,4,9-10H2,(H,19,20). The van der Waals surface area contributed by atoms with Crippen LogP contribution in [-0.4, -0.2) is 11.1 Å². The molecule has 0 amide bonds. The zero-order chi connectivity index (χ0) is 14.5. The molecule has 0 fully saturated rings. The predicted molar refractivity (Wildman–Crippen MR) is 72.4 cm³/mol. The Morgan fingerprint density at radius 1 is 1.30 bits per heavy atom. The number of hydrogen-bond donors (Lipinski definition) is 1. The minimum atomic E-state index is -0.862. The van der Waals surface area contributed by atoms with E-state index in [1.54, 1.807) is 18.2 Å². The topological polar surface area (TPSA) is 37.3 Å². The first-order chi connectivity index (χ1) is 9.56. The fourth-order valence-corrected chi connectivity index (χ4v) is 2.53. The van der Waals surface area contributed by atoms with Gasteiger partial charge in [0.25, 0.3) is 0 Å². The van der Waals surface area contributed by atoms with Crippen molar-refractivity contribution in [3.63, 3.8) is 0 Å². The highest BCUT2D eigenvalue weighted by molar-refractivity contribution is 5.66. The van der Waals surface area contributed by atoms with Crippen LogP contribution in [0.1, 0.15) is 30.7 Å². The lowest BCUT2D eigenvalue weighted by molar-refractivity contribution is -0.137. The third kappa shape index (κ3) is 3.76. The van der Waals surface area contributed by atoms with E-state index in [2.05, 4.69) is 0 Å². The lowest BCUT2D eigenvalue weighted by Crippen LogP contribution is -2.14. The van der Waals surface area contributed by atoms with Crippen molar-refractivity contribution in [3.8, 4) is 0 Å². The predicted octanol–water partition coefficient (Wildman–Crippen LogP) is 4.20. The SMILES string of the molecule is O=C(O)CCC(c1ccc(F)cc1)C1C=CC(F)=CC1. The van der Waals surface area contributed by atoms with Crippen LogP contribution in [0.4, 0.5) is 8.78 Å². The first kappa shape index (κ1) is 14.4. The molecule has 0 spiro atoms. The van der Waals surface area contributed by atoms with E-state index >= 15 is 0 Å². The lowest BCUT2D eigenvalue weighted by Gasteiger charge is -2.25. The van der Waals surface area contributed by atoms with Crippen LogP contribution in [0.25, 0.3) is 0 Å². The van der Waals surface area contributed by atoms with Crippen LogP contribution in [0.3, 0.4) is 0 Å². The molecule has 1 aromatic carbocycles. The van der Waals surface area contributed by atoms with Gasteiger partial charge in [0.15, 0.2) is 0 Å². The molecule has 0 heterocycles. The molecule has 0 saturated heterocycles. The molecule has 106 valence electrons. The van der Waals surface area contributed by atoms with Crippen LogP contribution >= 0.6 is 0 Å². The van der Waals surface area contributed by atoms with Gasteiger partial charge in [0, 0.05) is 6.42 Å². The number of carbonyl (C=O) groups is 1. The van der Waals surface area contributed by atoms with Gasteiger partial charge in [-0.25, -0.2) is 8.78 Å². The van der Waals surface area contributed by atoms with Gasteiger partial charge in [-0.15, -0.1) is 0 Å². The summed E-state index contributed by atoms with van der Waals surface area (Å²) in [5.74, 6) is -1.46. The van der Waals surface area contributed by atoms with Crippen LogP contribution in [0, 0.1) is 11.7 Å². The Balaban J connectivity index is 2.18. The summed E-state index contributed by atoms with van der Waals surface area (Å²) in [7, 11) is 0. The van der Waals surface area contributed by atoms with Crippen molar-refractivity contribution < 1.29 is 18.7 Å². The molecule has 2 unspecified atom stereocenters. The van der Waals surface area contributed by atoms with Crippen LogP contribution in [0.5, 0.6) is 0 Å². The Morgan fingerprint density at radius 3 is 2.55 bits per heavy atom.